The number of nitrogens with one attached hydrogen (secondary N) is 1. The minimum absolute atomic E-state index is 0.0849. The van der Waals surface area contributed by atoms with Crippen LogP contribution in [0.4, 0.5) is 0 Å². The number of rotatable bonds is 6. The first-order valence-electron chi connectivity index (χ1n) is 4.72. The maximum atomic E-state index is 10.7. The van der Waals surface area contributed by atoms with Gasteiger partial charge in [-0.3, -0.25) is 4.79 Å². The summed E-state index contributed by atoms with van der Waals surface area (Å²) in [6.07, 6.45) is 1.02. The zero-order valence-corrected chi connectivity index (χ0v) is 9.14. The number of hydrogen-bond acceptors (Lipinski definition) is 3. The van der Waals surface area contributed by atoms with Gasteiger partial charge in [0.2, 0.25) is 5.91 Å². The first-order valence-corrected chi connectivity index (χ1v) is 5.60. The highest BCUT2D eigenvalue weighted by Crippen LogP contribution is 2.08. The highest BCUT2D eigenvalue weighted by atomic mass is 32.1. The third kappa shape index (κ3) is 3.89. The predicted molar refractivity (Wildman–Crippen MR) is 59.3 cm³/mol. The zero-order valence-electron chi connectivity index (χ0n) is 8.32. The highest BCUT2D eigenvalue weighted by Gasteiger charge is 2.06. The Balaban J connectivity index is 2.08. The van der Waals surface area contributed by atoms with E-state index in [2.05, 4.69) is 16.8 Å². The van der Waals surface area contributed by atoms with Crippen molar-refractivity contribution in [3.05, 3.63) is 22.4 Å². The van der Waals surface area contributed by atoms with E-state index in [1.165, 1.54) is 4.88 Å². The number of primary amides is 1. The van der Waals surface area contributed by atoms with Crippen LogP contribution in [0.15, 0.2) is 17.5 Å². The molecule has 0 saturated carbocycles. The number of carbonyl (C=O) groups excluding carboxylic acids is 1. The molecule has 0 aliphatic rings. The van der Waals surface area contributed by atoms with Gasteiger partial charge in [0, 0.05) is 17.3 Å². The molecule has 0 bridgehead atoms. The molecule has 1 aromatic rings. The van der Waals surface area contributed by atoms with E-state index >= 15 is 0 Å². The van der Waals surface area contributed by atoms with Crippen LogP contribution in [0, 0.1) is 5.92 Å². The molecule has 0 aromatic carbocycles. The summed E-state index contributed by atoms with van der Waals surface area (Å²) in [6, 6.07) is 4.16. The molecule has 1 amide bonds. The maximum absolute atomic E-state index is 10.7. The van der Waals surface area contributed by atoms with Crippen LogP contribution in [0.2, 0.25) is 0 Å². The van der Waals surface area contributed by atoms with Crippen molar-refractivity contribution in [1.82, 2.24) is 5.32 Å². The van der Waals surface area contributed by atoms with Crippen molar-refractivity contribution in [2.75, 3.05) is 13.1 Å². The van der Waals surface area contributed by atoms with Crippen LogP contribution in [0.5, 0.6) is 0 Å². The standard InChI is InChI=1S/C10H16N2OS/c1-8(10(11)13)7-12-5-4-9-3-2-6-14-9/h2-3,6,8,12H,4-5,7H2,1H3,(H2,11,13). The van der Waals surface area contributed by atoms with Gasteiger partial charge in [0.1, 0.15) is 0 Å². The predicted octanol–water partition coefficient (Wildman–Crippen LogP) is 1.00. The lowest BCUT2D eigenvalue weighted by atomic mass is 10.2. The number of carbonyl (C=O) groups is 1. The van der Waals surface area contributed by atoms with Gasteiger partial charge in [0.05, 0.1) is 0 Å². The van der Waals surface area contributed by atoms with Gasteiger partial charge < -0.3 is 11.1 Å². The minimum Gasteiger partial charge on any atom is -0.369 e. The van der Waals surface area contributed by atoms with Crippen molar-refractivity contribution in [3.8, 4) is 0 Å². The van der Waals surface area contributed by atoms with Crippen LogP contribution in [0.25, 0.3) is 0 Å². The molecule has 1 heterocycles. The first-order chi connectivity index (χ1) is 6.70. The Labute approximate surface area is 88.3 Å². The van der Waals surface area contributed by atoms with Crippen molar-refractivity contribution < 1.29 is 4.79 Å². The molecule has 3 nitrogen and oxygen atoms in total. The summed E-state index contributed by atoms with van der Waals surface area (Å²) in [4.78, 5) is 12.1. The molecule has 1 aromatic heterocycles. The van der Waals surface area contributed by atoms with Gasteiger partial charge in [0.15, 0.2) is 0 Å². The fourth-order valence-electron chi connectivity index (χ4n) is 1.09. The fourth-order valence-corrected chi connectivity index (χ4v) is 1.79. The smallest absolute Gasteiger partial charge is 0.221 e. The Bertz CT molecular complexity index is 272. The second-order valence-corrected chi connectivity index (χ2v) is 4.37. The number of hydrogen-bond donors (Lipinski definition) is 2. The monoisotopic (exact) mass is 212 g/mol. The van der Waals surface area contributed by atoms with Crippen molar-refractivity contribution in [2.45, 2.75) is 13.3 Å². The van der Waals surface area contributed by atoms with Crippen molar-refractivity contribution in [3.63, 3.8) is 0 Å². The second kappa shape index (κ2) is 5.78. The van der Waals surface area contributed by atoms with Gasteiger partial charge in [-0.15, -0.1) is 11.3 Å². The van der Waals surface area contributed by atoms with E-state index in [4.69, 9.17) is 5.73 Å². The zero-order chi connectivity index (χ0) is 10.4. The molecule has 0 spiro atoms. The topological polar surface area (TPSA) is 55.1 Å². The highest BCUT2D eigenvalue weighted by molar-refractivity contribution is 7.09. The van der Waals surface area contributed by atoms with Crippen LogP contribution >= 0.6 is 11.3 Å². The Kier molecular flexibility index (Phi) is 4.62. The van der Waals surface area contributed by atoms with E-state index in [1.54, 1.807) is 11.3 Å². The van der Waals surface area contributed by atoms with Gasteiger partial charge in [-0.2, -0.15) is 0 Å². The molecule has 1 unspecified atom stereocenters. The Hall–Kier alpha value is -0.870. The van der Waals surface area contributed by atoms with Crippen LogP contribution in [-0.4, -0.2) is 19.0 Å². The third-order valence-electron chi connectivity index (χ3n) is 2.06. The molecular formula is C10H16N2OS. The number of thiophene rings is 1. The minimum atomic E-state index is -0.242. The molecule has 0 saturated heterocycles. The van der Waals surface area contributed by atoms with Gasteiger partial charge in [-0.25, -0.2) is 0 Å². The molecule has 4 heteroatoms. The lowest BCUT2D eigenvalue weighted by Crippen LogP contribution is -2.31. The average Bonchev–Trinajstić information content (AvgIpc) is 2.64. The molecule has 0 fully saturated rings. The van der Waals surface area contributed by atoms with E-state index in [-0.39, 0.29) is 11.8 Å². The molecule has 0 radical (unpaired) electrons. The van der Waals surface area contributed by atoms with Crippen LogP contribution in [0.1, 0.15) is 11.8 Å². The summed E-state index contributed by atoms with van der Waals surface area (Å²) in [5.74, 6) is -0.327. The summed E-state index contributed by atoms with van der Waals surface area (Å²) in [7, 11) is 0. The van der Waals surface area contributed by atoms with Crippen LogP contribution in [-0.2, 0) is 11.2 Å². The first kappa shape index (κ1) is 11.2. The molecule has 0 aliphatic carbocycles. The normalized spacial score (nSPS) is 12.6. The van der Waals surface area contributed by atoms with Gasteiger partial charge in [-0.05, 0) is 24.4 Å². The SMILES string of the molecule is CC(CNCCc1cccs1)C(N)=O. The van der Waals surface area contributed by atoms with Crippen molar-refractivity contribution >= 4 is 17.2 Å². The number of amides is 1. The van der Waals surface area contributed by atoms with Crippen LogP contribution in [0.3, 0.4) is 0 Å². The molecule has 3 N–H and O–H groups in total. The second-order valence-electron chi connectivity index (χ2n) is 3.34. The Morgan fingerprint density at radius 2 is 2.50 bits per heavy atom. The lowest BCUT2D eigenvalue weighted by molar-refractivity contribution is -0.121. The van der Waals surface area contributed by atoms with Crippen LogP contribution < -0.4 is 11.1 Å². The Morgan fingerprint density at radius 1 is 1.71 bits per heavy atom. The quantitative estimate of drug-likeness (QED) is 0.691. The summed E-state index contributed by atoms with van der Waals surface area (Å²) < 4.78 is 0. The van der Waals surface area contributed by atoms with Gasteiger partial charge >= 0.3 is 0 Å². The average molecular weight is 212 g/mol. The number of nitrogens with two attached hydrogens (primary N) is 1. The van der Waals surface area contributed by atoms with Crippen molar-refractivity contribution in [1.29, 1.82) is 0 Å². The Morgan fingerprint density at radius 3 is 3.07 bits per heavy atom. The summed E-state index contributed by atoms with van der Waals surface area (Å²) in [5.41, 5.74) is 5.14. The van der Waals surface area contributed by atoms with E-state index in [1.807, 2.05) is 13.0 Å². The lowest BCUT2D eigenvalue weighted by Gasteiger charge is -2.07. The van der Waals surface area contributed by atoms with Crippen molar-refractivity contribution in [2.24, 2.45) is 11.7 Å². The molecule has 78 valence electrons. The van der Waals surface area contributed by atoms with E-state index in [0.717, 1.165) is 13.0 Å². The van der Waals surface area contributed by atoms with E-state index in [0.29, 0.717) is 6.54 Å². The van der Waals surface area contributed by atoms with E-state index < -0.39 is 0 Å². The summed E-state index contributed by atoms with van der Waals surface area (Å²) in [6.45, 7) is 3.40. The summed E-state index contributed by atoms with van der Waals surface area (Å²) in [5, 5.41) is 5.28. The van der Waals surface area contributed by atoms with E-state index in [9.17, 15) is 4.79 Å². The summed E-state index contributed by atoms with van der Waals surface area (Å²) >= 11 is 1.76. The molecule has 14 heavy (non-hydrogen) atoms. The molecule has 1 atom stereocenters. The fraction of sp³-hybridized carbons (Fsp3) is 0.500. The largest absolute Gasteiger partial charge is 0.369 e. The molecular weight excluding hydrogens is 196 g/mol. The molecule has 1 rings (SSSR count). The van der Waals surface area contributed by atoms with Gasteiger partial charge in [0.25, 0.3) is 0 Å². The third-order valence-corrected chi connectivity index (χ3v) is 3.00. The van der Waals surface area contributed by atoms with Gasteiger partial charge in [-0.1, -0.05) is 13.0 Å². The molecule has 0 aliphatic heterocycles. The maximum Gasteiger partial charge on any atom is 0.221 e.